The summed E-state index contributed by atoms with van der Waals surface area (Å²) in [7, 11) is 0. The molecule has 0 aromatic carbocycles. The maximum atomic E-state index is 9.85. The average molecular weight is 392 g/mol. The Bertz CT molecular complexity index is 339. The van der Waals surface area contributed by atoms with E-state index in [0.29, 0.717) is 0 Å². The molecule has 0 aliphatic rings. The second kappa shape index (κ2) is 13.7. The molecule has 9 nitrogen and oxygen atoms in total. The van der Waals surface area contributed by atoms with Gasteiger partial charge in [-0.2, -0.15) is 0 Å². The van der Waals surface area contributed by atoms with E-state index < -0.39 is 34.7 Å². The Kier molecular flexibility index (Phi) is 17.7. The summed E-state index contributed by atoms with van der Waals surface area (Å²) >= 11 is 0. The van der Waals surface area contributed by atoms with Gasteiger partial charge in [0.1, 0.15) is 0 Å². The normalized spacial score (nSPS) is 10.9. The molecule has 25 heavy (non-hydrogen) atoms. The van der Waals surface area contributed by atoms with E-state index >= 15 is 0 Å². The predicted molar refractivity (Wildman–Crippen MR) is 86.1 cm³/mol. The summed E-state index contributed by atoms with van der Waals surface area (Å²) in [6, 6.07) is 0. The fourth-order valence-corrected chi connectivity index (χ4v) is 1.08. The van der Waals surface area contributed by atoms with Gasteiger partial charge in [0.2, 0.25) is 0 Å². The zero-order chi connectivity index (χ0) is 20.4. The quantitative estimate of drug-likeness (QED) is 0.360. The number of aliphatic hydroxyl groups is 3. The molecule has 0 unspecified atom stereocenters. The van der Waals surface area contributed by atoms with E-state index in [9.17, 15) is 24.6 Å². The number of aliphatic carboxylic acids is 3. The van der Waals surface area contributed by atoms with E-state index in [4.69, 9.17) is 20.4 Å². The van der Waals surface area contributed by atoms with Crippen molar-refractivity contribution in [3.63, 3.8) is 0 Å². The molecule has 0 amide bonds. The van der Waals surface area contributed by atoms with Gasteiger partial charge in [0, 0.05) is 24.8 Å². The first-order valence-electron chi connectivity index (χ1n) is 7.04. The molecule has 0 aromatic rings. The number of carboxylic acids is 3. The van der Waals surface area contributed by atoms with Crippen LogP contribution in [0.25, 0.3) is 0 Å². The number of carbonyl (C=O) groups excluding carboxylic acids is 2. The van der Waals surface area contributed by atoms with Crippen molar-refractivity contribution in [2.75, 3.05) is 0 Å². The van der Waals surface area contributed by atoms with E-state index in [-0.39, 0.29) is 57.0 Å². The summed E-state index contributed by atoms with van der Waals surface area (Å²) in [5.41, 5.74) is -3.36. The van der Waals surface area contributed by atoms with Gasteiger partial charge >= 0.3 is 43.7 Å². The minimum Gasteiger partial charge on any atom is -0.550 e. The zero-order valence-corrected chi connectivity index (χ0v) is 17.9. The molecule has 0 atom stereocenters. The second-order valence-corrected chi connectivity index (χ2v) is 7.11. The van der Waals surface area contributed by atoms with Crippen LogP contribution in [0.5, 0.6) is 0 Å². The molecule has 144 valence electrons. The van der Waals surface area contributed by atoms with Crippen molar-refractivity contribution in [2.45, 2.75) is 77.6 Å². The van der Waals surface area contributed by atoms with Crippen molar-refractivity contribution < 1.29 is 45.0 Å². The maximum Gasteiger partial charge on any atom is 2.00 e. The Hall–Kier alpha value is -0.450. The van der Waals surface area contributed by atoms with Crippen molar-refractivity contribution >= 4 is 55.6 Å². The van der Waals surface area contributed by atoms with Crippen molar-refractivity contribution in [1.29, 1.82) is 0 Å². The number of hydrogen-bond acceptors (Lipinski definition) is 8. The van der Waals surface area contributed by atoms with Gasteiger partial charge in [-0.1, -0.05) is 0 Å². The molecule has 10 heteroatoms. The third-order valence-corrected chi connectivity index (χ3v) is 1.74. The summed E-state index contributed by atoms with van der Waals surface area (Å²) in [6.07, 6.45) is -0.826. The van der Waals surface area contributed by atoms with Crippen LogP contribution >= 0.6 is 0 Å². The van der Waals surface area contributed by atoms with Crippen LogP contribution in [0.4, 0.5) is 0 Å². The fraction of sp³-hybridized carbons (Fsp3) is 0.800. The molecule has 0 spiro atoms. The Morgan fingerprint density at radius 2 is 0.880 bits per heavy atom. The van der Waals surface area contributed by atoms with Gasteiger partial charge in [0.15, 0.2) is 0 Å². The van der Waals surface area contributed by atoms with Crippen molar-refractivity contribution in [1.82, 2.24) is 0 Å². The molecule has 0 heterocycles. The van der Waals surface area contributed by atoms with Gasteiger partial charge in [0.05, 0.1) is 23.2 Å². The Morgan fingerprint density at radius 3 is 0.880 bits per heavy atom. The number of hydrogen-bond donors (Lipinski definition) is 4. The van der Waals surface area contributed by atoms with Crippen LogP contribution in [0, 0.1) is 0 Å². The molecule has 0 rings (SSSR count). The van der Waals surface area contributed by atoms with Gasteiger partial charge in [-0.05, 0) is 41.5 Å². The first kappa shape index (κ1) is 32.2. The molecule has 0 saturated heterocycles. The minimum atomic E-state index is -1.22. The summed E-state index contributed by atoms with van der Waals surface area (Å²) in [5.74, 6) is -3.42. The smallest absolute Gasteiger partial charge is 0.550 e. The fourth-order valence-electron chi connectivity index (χ4n) is 1.08. The minimum absolute atomic E-state index is 0. The third-order valence-electron chi connectivity index (χ3n) is 1.74. The van der Waals surface area contributed by atoms with E-state index in [0.717, 1.165) is 0 Å². The Labute approximate surface area is 177 Å². The van der Waals surface area contributed by atoms with Crippen LogP contribution in [-0.2, 0) is 14.4 Å². The molecular formula is C15H28CaO9. The predicted octanol–water partition coefficient (Wildman–Crippen LogP) is -2.35. The monoisotopic (exact) mass is 392 g/mol. The number of carbonyl (C=O) groups is 3. The molecule has 0 fully saturated rings. The van der Waals surface area contributed by atoms with Gasteiger partial charge in [-0.25, -0.2) is 0 Å². The Morgan fingerprint density at radius 1 is 0.680 bits per heavy atom. The summed E-state index contributed by atoms with van der Waals surface area (Å²) in [5, 5.41) is 53.9. The van der Waals surface area contributed by atoms with E-state index in [1.54, 1.807) is 0 Å². The van der Waals surface area contributed by atoms with E-state index in [2.05, 4.69) is 0 Å². The number of rotatable bonds is 6. The molecule has 0 bridgehead atoms. The summed E-state index contributed by atoms with van der Waals surface area (Å²) in [4.78, 5) is 29.3. The van der Waals surface area contributed by atoms with Crippen molar-refractivity contribution in [2.24, 2.45) is 0 Å². The SMILES string of the molecule is CC(C)(O)CC(=O)O.CC(C)(O)CC(=O)[O-].CC(C)(O)CC(=O)[O-].[Ca+2]. The van der Waals surface area contributed by atoms with Crippen LogP contribution in [0.1, 0.15) is 60.8 Å². The zero-order valence-electron chi connectivity index (χ0n) is 15.7. The van der Waals surface area contributed by atoms with Gasteiger partial charge in [0.25, 0.3) is 0 Å². The molecule has 0 saturated carbocycles. The topological polar surface area (TPSA) is 178 Å². The summed E-state index contributed by atoms with van der Waals surface area (Å²) < 4.78 is 0. The molecule has 0 aliphatic heterocycles. The van der Waals surface area contributed by atoms with Gasteiger partial charge in [-0.15, -0.1) is 0 Å². The largest absolute Gasteiger partial charge is 2.00 e. The van der Waals surface area contributed by atoms with Crippen LogP contribution in [0.3, 0.4) is 0 Å². The molecule has 0 aliphatic carbocycles. The molecule has 0 radical (unpaired) electrons. The standard InChI is InChI=1S/3C5H10O3.Ca/c3*1-5(2,8)3-4(6)7;/h3*8H,3H2,1-2H3,(H,6,7);/q;;;+2/p-2. The van der Waals surface area contributed by atoms with Crippen LogP contribution in [0.2, 0.25) is 0 Å². The second-order valence-electron chi connectivity index (χ2n) is 7.11. The molecule has 4 N–H and O–H groups in total. The van der Waals surface area contributed by atoms with Crippen LogP contribution < -0.4 is 10.2 Å². The van der Waals surface area contributed by atoms with Crippen LogP contribution in [0.15, 0.2) is 0 Å². The van der Waals surface area contributed by atoms with Gasteiger partial charge < -0.3 is 40.2 Å². The Balaban J connectivity index is -0.000000130. The maximum absolute atomic E-state index is 9.85. The van der Waals surface area contributed by atoms with E-state index in [1.165, 1.54) is 41.5 Å². The van der Waals surface area contributed by atoms with Crippen molar-refractivity contribution in [3.8, 4) is 0 Å². The van der Waals surface area contributed by atoms with Gasteiger partial charge in [-0.3, -0.25) is 4.79 Å². The molecular weight excluding hydrogens is 364 g/mol. The first-order chi connectivity index (χ1) is 10.2. The van der Waals surface area contributed by atoms with Crippen LogP contribution in [-0.4, -0.2) is 92.9 Å². The number of carboxylic acid groups (broad SMARTS) is 3. The first-order valence-corrected chi connectivity index (χ1v) is 7.04. The average Bonchev–Trinajstić information content (AvgIpc) is 2.04. The van der Waals surface area contributed by atoms with Crippen molar-refractivity contribution in [3.05, 3.63) is 0 Å². The summed E-state index contributed by atoms with van der Waals surface area (Å²) in [6.45, 7) is 8.60. The third kappa shape index (κ3) is 51.7. The molecule has 0 aromatic heterocycles. The van der Waals surface area contributed by atoms with E-state index in [1.807, 2.05) is 0 Å².